The van der Waals surface area contributed by atoms with Crippen molar-refractivity contribution in [2.24, 2.45) is 0 Å². The highest BCUT2D eigenvalue weighted by atomic mass is 16.1. The maximum absolute atomic E-state index is 10.7. The molecular formula is C10H7N3O. The first-order chi connectivity index (χ1) is 6.77. The molecular weight excluding hydrogens is 178 g/mol. The molecule has 2 rings (SSSR count). The summed E-state index contributed by atoms with van der Waals surface area (Å²) in [7, 11) is 0. The summed E-state index contributed by atoms with van der Waals surface area (Å²) in [4.78, 5) is 14.7. The van der Waals surface area contributed by atoms with Crippen LogP contribution in [0, 0.1) is 18.3 Å². The molecule has 2 aromatic rings. The third kappa shape index (κ3) is 0.995. The molecule has 4 heteroatoms. The molecule has 4 nitrogen and oxygen atoms in total. The maximum Gasteiger partial charge on any atom is 0.168 e. The quantitative estimate of drug-likeness (QED) is 0.629. The van der Waals surface area contributed by atoms with Crippen LogP contribution in [0.3, 0.4) is 0 Å². The lowest BCUT2D eigenvalue weighted by atomic mass is 10.2. The zero-order valence-corrected chi connectivity index (χ0v) is 7.56. The third-order valence-electron chi connectivity index (χ3n) is 2.18. The van der Waals surface area contributed by atoms with Crippen LogP contribution in [0.25, 0.3) is 5.65 Å². The first-order valence-corrected chi connectivity index (χ1v) is 4.10. The second-order valence-corrected chi connectivity index (χ2v) is 2.94. The van der Waals surface area contributed by atoms with Crippen LogP contribution in [0.4, 0.5) is 0 Å². The largest absolute Gasteiger partial charge is 0.296 e. The first-order valence-electron chi connectivity index (χ1n) is 4.10. The van der Waals surface area contributed by atoms with E-state index in [1.165, 1.54) is 6.20 Å². The Labute approximate surface area is 80.4 Å². The van der Waals surface area contributed by atoms with Gasteiger partial charge in [-0.25, -0.2) is 4.98 Å². The molecule has 0 bridgehead atoms. The monoisotopic (exact) mass is 185 g/mol. The van der Waals surface area contributed by atoms with Gasteiger partial charge in [-0.3, -0.25) is 9.20 Å². The van der Waals surface area contributed by atoms with Gasteiger partial charge in [0.25, 0.3) is 0 Å². The van der Waals surface area contributed by atoms with Gasteiger partial charge in [0.2, 0.25) is 0 Å². The molecule has 0 fully saturated rings. The number of nitrogens with zero attached hydrogens (tertiary/aromatic N) is 3. The molecule has 0 aromatic carbocycles. The number of aldehydes is 1. The van der Waals surface area contributed by atoms with E-state index in [1.807, 2.05) is 0 Å². The van der Waals surface area contributed by atoms with Gasteiger partial charge in [0.05, 0.1) is 11.8 Å². The van der Waals surface area contributed by atoms with Crippen LogP contribution in [0.2, 0.25) is 0 Å². The van der Waals surface area contributed by atoms with E-state index in [2.05, 4.69) is 11.1 Å². The van der Waals surface area contributed by atoms with Crippen LogP contribution in [-0.4, -0.2) is 15.7 Å². The van der Waals surface area contributed by atoms with Crippen molar-refractivity contribution in [2.75, 3.05) is 0 Å². The number of nitriles is 1. The highest BCUT2D eigenvalue weighted by Gasteiger charge is 2.07. The second-order valence-electron chi connectivity index (χ2n) is 2.94. The maximum atomic E-state index is 10.7. The minimum absolute atomic E-state index is 0.467. The van der Waals surface area contributed by atoms with Gasteiger partial charge in [0.15, 0.2) is 6.29 Å². The lowest BCUT2D eigenvalue weighted by Gasteiger charge is -2.02. The fourth-order valence-corrected chi connectivity index (χ4v) is 1.46. The Morgan fingerprint density at radius 3 is 3.00 bits per heavy atom. The van der Waals surface area contributed by atoms with Gasteiger partial charge in [-0.2, -0.15) is 5.26 Å². The van der Waals surface area contributed by atoms with Gasteiger partial charge < -0.3 is 0 Å². The fourth-order valence-electron chi connectivity index (χ4n) is 1.46. The smallest absolute Gasteiger partial charge is 0.168 e. The lowest BCUT2D eigenvalue weighted by molar-refractivity contribution is 0.111. The van der Waals surface area contributed by atoms with Crippen LogP contribution in [-0.2, 0) is 0 Å². The molecule has 0 spiro atoms. The summed E-state index contributed by atoms with van der Waals surface area (Å²) >= 11 is 0. The number of carbonyl (C=O) groups is 1. The number of imidazole rings is 1. The van der Waals surface area contributed by atoms with Gasteiger partial charge in [-0.1, -0.05) is 0 Å². The zero-order chi connectivity index (χ0) is 10.1. The molecule has 0 aliphatic heterocycles. The minimum atomic E-state index is 0.467. The van der Waals surface area contributed by atoms with E-state index in [1.54, 1.807) is 23.5 Å². The van der Waals surface area contributed by atoms with E-state index in [9.17, 15) is 4.79 Å². The minimum Gasteiger partial charge on any atom is -0.296 e. The van der Waals surface area contributed by atoms with Crippen LogP contribution in [0.5, 0.6) is 0 Å². The summed E-state index contributed by atoms with van der Waals surface area (Å²) < 4.78 is 1.67. The summed E-state index contributed by atoms with van der Waals surface area (Å²) in [5.41, 5.74) is 2.45. The van der Waals surface area contributed by atoms with Crippen molar-refractivity contribution in [2.45, 2.75) is 6.92 Å². The van der Waals surface area contributed by atoms with E-state index >= 15 is 0 Å². The average molecular weight is 185 g/mol. The van der Waals surface area contributed by atoms with Gasteiger partial charge in [-0.15, -0.1) is 0 Å². The summed E-state index contributed by atoms with van der Waals surface area (Å²) in [5.74, 6) is 0. The molecule has 14 heavy (non-hydrogen) atoms. The van der Waals surface area contributed by atoms with Crippen molar-refractivity contribution < 1.29 is 4.79 Å². The van der Waals surface area contributed by atoms with Crippen molar-refractivity contribution in [3.05, 3.63) is 35.3 Å². The Morgan fingerprint density at radius 1 is 1.57 bits per heavy atom. The number of rotatable bonds is 1. The molecule has 2 heterocycles. The van der Waals surface area contributed by atoms with Crippen molar-refractivity contribution in [3.8, 4) is 6.07 Å². The Balaban J connectivity index is 2.92. The van der Waals surface area contributed by atoms with E-state index in [-0.39, 0.29) is 0 Å². The topological polar surface area (TPSA) is 58.2 Å². The van der Waals surface area contributed by atoms with Crippen molar-refractivity contribution >= 4 is 11.9 Å². The molecule has 0 N–H and O–H groups in total. The van der Waals surface area contributed by atoms with E-state index in [0.29, 0.717) is 16.9 Å². The number of aromatic nitrogens is 2. The van der Waals surface area contributed by atoms with E-state index < -0.39 is 0 Å². The number of hydrogen-bond acceptors (Lipinski definition) is 3. The highest BCUT2D eigenvalue weighted by molar-refractivity contribution is 5.74. The van der Waals surface area contributed by atoms with Gasteiger partial charge in [0, 0.05) is 5.69 Å². The van der Waals surface area contributed by atoms with Crippen LogP contribution in [0.15, 0.2) is 18.3 Å². The normalized spacial score (nSPS) is 10.0. The molecule has 0 saturated carbocycles. The van der Waals surface area contributed by atoms with E-state index in [4.69, 9.17) is 5.26 Å². The van der Waals surface area contributed by atoms with Crippen LogP contribution < -0.4 is 0 Å². The van der Waals surface area contributed by atoms with Gasteiger partial charge in [-0.05, 0) is 19.1 Å². The standard InChI is InChI=1S/C10H7N3O/c1-7-8(4-11)2-3-10-12-5-9(6-14)13(7)10/h2-3,5-6H,1H3. The number of carbonyl (C=O) groups excluding carboxylic acids is 1. The van der Waals surface area contributed by atoms with Crippen molar-refractivity contribution in [3.63, 3.8) is 0 Å². The van der Waals surface area contributed by atoms with Crippen LogP contribution >= 0.6 is 0 Å². The second kappa shape index (κ2) is 2.96. The Bertz CT molecular complexity index is 548. The van der Waals surface area contributed by atoms with Gasteiger partial charge in [0.1, 0.15) is 17.4 Å². The SMILES string of the molecule is Cc1c(C#N)ccc2ncc(C=O)n12. The Morgan fingerprint density at radius 2 is 2.36 bits per heavy atom. The zero-order valence-electron chi connectivity index (χ0n) is 7.56. The highest BCUT2D eigenvalue weighted by Crippen LogP contribution is 2.12. The molecule has 68 valence electrons. The molecule has 0 amide bonds. The fraction of sp³-hybridized carbons (Fsp3) is 0.100. The number of hydrogen-bond donors (Lipinski definition) is 0. The van der Waals surface area contributed by atoms with Crippen LogP contribution in [0.1, 0.15) is 21.7 Å². The molecule has 0 aliphatic carbocycles. The number of aryl methyl sites for hydroxylation is 1. The third-order valence-corrected chi connectivity index (χ3v) is 2.18. The lowest BCUT2D eigenvalue weighted by Crippen LogP contribution is -1.98. The molecule has 0 radical (unpaired) electrons. The summed E-state index contributed by atoms with van der Waals surface area (Å²) in [6.45, 7) is 1.79. The Kier molecular flexibility index (Phi) is 1.79. The van der Waals surface area contributed by atoms with Crippen molar-refractivity contribution in [1.29, 1.82) is 5.26 Å². The Hall–Kier alpha value is -2.15. The molecule has 0 saturated heterocycles. The number of fused-ring (bicyclic) bond motifs is 1. The molecule has 0 atom stereocenters. The van der Waals surface area contributed by atoms with Gasteiger partial charge >= 0.3 is 0 Å². The van der Waals surface area contributed by atoms with E-state index in [0.717, 1.165) is 12.0 Å². The summed E-state index contributed by atoms with van der Waals surface area (Å²) in [5, 5.41) is 8.81. The average Bonchev–Trinajstić information content (AvgIpc) is 2.62. The summed E-state index contributed by atoms with van der Waals surface area (Å²) in [6, 6.07) is 5.49. The molecule has 2 aromatic heterocycles. The first kappa shape index (κ1) is 8.45. The number of pyridine rings is 1. The predicted molar refractivity (Wildman–Crippen MR) is 50.0 cm³/mol. The molecule has 0 aliphatic rings. The predicted octanol–water partition coefficient (Wildman–Crippen LogP) is 1.33. The molecule has 0 unspecified atom stereocenters. The summed E-state index contributed by atoms with van der Waals surface area (Å²) in [6.07, 6.45) is 2.23. The van der Waals surface area contributed by atoms with Crippen molar-refractivity contribution in [1.82, 2.24) is 9.38 Å².